The molecule has 7 nitrogen and oxygen atoms in total. The molecule has 0 amide bonds. The third kappa shape index (κ3) is 4.78. The molecule has 0 bridgehead atoms. The summed E-state index contributed by atoms with van der Waals surface area (Å²) in [5.74, 6) is -0.246. The number of nitrogens with zero attached hydrogens (tertiary/aromatic N) is 3. The van der Waals surface area contributed by atoms with Gasteiger partial charge in [0.15, 0.2) is 18.5 Å². The monoisotopic (exact) mass is 429 g/mol. The van der Waals surface area contributed by atoms with E-state index in [1.165, 1.54) is 40.7 Å². The van der Waals surface area contributed by atoms with Gasteiger partial charge < -0.3 is 4.74 Å². The highest BCUT2D eigenvalue weighted by Crippen LogP contribution is 2.36. The zero-order valence-corrected chi connectivity index (χ0v) is 17.2. The van der Waals surface area contributed by atoms with Crippen LogP contribution in [-0.2, 0) is 25.8 Å². The molecule has 0 unspecified atom stereocenters. The normalized spacial score (nSPS) is 11.8. The fraction of sp³-hybridized carbons (Fsp3) is 0.333. The molecule has 0 atom stereocenters. The molecule has 0 N–H and O–H groups in total. The second-order valence-corrected chi connectivity index (χ2v) is 10.9. The molecule has 0 radical (unpaired) electrons. The van der Waals surface area contributed by atoms with E-state index in [2.05, 4.69) is 15.2 Å². The van der Waals surface area contributed by atoms with Crippen molar-refractivity contribution in [1.82, 2.24) is 15.2 Å². The number of sulfone groups is 1. The second-order valence-electron chi connectivity index (χ2n) is 5.25. The molecule has 0 saturated carbocycles. The van der Waals surface area contributed by atoms with E-state index in [1.54, 1.807) is 25.1 Å². The topological polar surface area (TPSA) is 99.1 Å². The number of hydrogen-bond acceptors (Lipinski definition) is 10. The van der Waals surface area contributed by atoms with Crippen molar-refractivity contribution in [3.8, 4) is 0 Å². The first-order valence-electron chi connectivity index (χ1n) is 7.61. The fourth-order valence-corrected chi connectivity index (χ4v) is 5.98. The Hall–Kier alpha value is -1.56. The number of aryl methyl sites for hydroxylation is 1. The number of fused-ring (bicyclic) bond motifs is 1. The van der Waals surface area contributed by atoms with Gasteiger partial charge in [-0.15, -0.1) is 21.5 Å². The minimum Gasteiger partial charge on any atom is -0.466 e. The highest BCUT2D eigenvalue weighted by Gasteiger charge is 2.14. The van der Waals surface area contributed by atoms with Crippen molar-refractivity contribution in [2.24, 2.45) is 0 Å². The highest BCUT2D eigenvalue weighted by molar-refractivity contribution is 8.02. The smallest absolute Gasteiger partial charge is 0.306 e. The van der Waals surface area contributed by atoms with Gasteiger partial charge in [0.1, 0.15) is 5.01 Å². The number of ether oxygens (including phenoxy) is 1. The van der Waals surface area contributed by atoms with E-state index < -0.39 is 9.84 Å². The molecule has 0 spiro atoms. The van der Waals surface area contributed by atoms with Crippen LogP contribution in [0.5, 0.6) is 0 Å². The molecule has 0 aliphatic carbocycles. The first-order valence-corrected chi connectivity index (χ1v) is 12.0. The molecule has 26 heavy (non-hydrogen) atoms. The summed E-state index contributed by atoms with van der Waals surface area (Å²) in [5.41, 5.74) is 0.747. The summed E-state index contributed by atoms with van der Waals surface area (Å²) < 4.78 is 30.5. The van der Waals surface area contributed by atoms with Crippen molar-refractivity contribution in [2.45, 2.75) is 33.3 Å². The minimum absolute atomic E-state index is 0.246. The molecule has 3 aromatic rings. The van der Waals surface area contributed by atoms with Gasteiger partial charge in [0, 0.05) is 12.7 Å². The van der Waals surface area contributed by atoms with Crippen molar-refractivity contribution in [1.29, 1.82) is 0 Å². The molecule has 1 aromatic carbocycles. The second kappa shape index (κ2) is 7.99. The van der Waals surface area contributed by atoms with Crippen LogP contribution in [0, 0.1) is 0 Å². The summed E-state index contributed by atoms with van der Waals surface area (Å²) in [7, 11) is -3.24. The Kier molecular flexibility index (Phi) is 5.90. The Morgan fingerprint density at radius 3 is 2.77 bits per heavy atom. The minimum atomic E-state index is -3.24. The number of esters is 1. The Bertz CT molecular complexity index is 1040. The Morgan fingerprint density at radius 2 is 2.04 bits per heavy atom. The van der Waals surface area contributed by atoms with Crippen LogP contribution in [0.15, 0.2) is 31.8 Å². The molecule has 3 rings (SSSR count). The summed E-state index contributed by atoms with van der Waals surface area (Å²) in [6, 6.07) is 4.90. The number of carbonyl (C=O) groups excluding carboxylic acids is 1. The molecule has 11 heteroatoms. The van der Waals surface area contributed by atoms with Crippen molar-refractivity contribution >= 4 is 60.5 Å². The van der Waals surface area contributed by atoms with Gasteiger partial charge in [0.2, 0.25) is 0 Å². The van der Waals surface area contributed by atoms with Crippen molar-refractivity contribution in [3.05, 3.63) is 23.2 Å². The number of thiazole rings is 1. The van der Waals surface area contributed by atoms with E-state index in [9.17, 15) is 13.2 Å². The highest BCUT2D eigenvalue weighted by atomic mass is 32.2. The Morgan fingerprint density at radius 1 is 1.23 bits per heavy atom. The lowest BCUT2D eigenvalue weighted by Gasteiger charge is -1.98. The van der Waals surface area contributed by atoms with Crippen LogP contribution in [0.2, 0.25) is 0 Å². The van der Waals surface area contributed by atoms with Crippen LogP contribution in [0.1, 0.15) is 18.4 Å². The van der Waals surface area contributed by atoms with E-state index >= 15 is 0 Å². The van der Waals surface area contributed by atoms with Crippen LogP contribution in [-0.4, -0.2) is 42.4 Å². The molecule has 0 fully saturated rings. The van der Waals surface area contributed by atoms with Gasteiger partial charge in [0.25, 0.3) is 0 Å². The Balaban J connectivity index is 1.70. The summed E-state index contributed by atoms with van der Waals surface area (Å²) in [6.07, 6.45) is 1.96. The van der Waals surface area contributed by atoms with Crippen LogP contribution >= 0.6 is 34.4 Å². The van der Waals surface area contributed by atoms with E-state index in [0.29, 0.717) is 13.0 Å². The van der Waals surface area contributed by atoms with Gasteiger partial charge in [-0.25, -0.2) is 13.4 Å². The molecule has 2 aromatic heterocycles. The molecule has 0 saturated heterocycles. The van der Waals surface area contributed by atoms with Crippen LogP contribution in [0.4, 0.5) is 0 Å². The fourth-order valence-electron chi connectivity index (χ4n) is 2.06. The quantitative estimate of drug-likeness (QED) is 0.528. The van der Waals surface area contributed by atoms with Crippen molar-refractivity contribution < 1.29 is 17.9 Å². The average Bonchev–Trinajstić information content (AvgIpc) is 3.18. The van der Waals surface area contributed by atoms with Crippen molar-refractivity contribution in [3.63, 3.8) is 0 Å². The summed E-state index contributed by atoms with van der Waals surface area (Å²) in [4.78, 5) is 16.2. The molecular weight excluding hydrogens is 414 g/mol. The van der Waals surface area contributed by atoms with Gasteiger partial charge in [-0.1, -0.05) is 11.3 Å². The van der Waals surface area contributed by atoms with E-state index in [1.807, 2.05) is 0 Å². The van der Waals surface area contributed by atoms with E-state index in [0.717, 1.165) is 23.9 Å². The van der Waals surface area contributed by atoms with Crippen LogP contribution in [0.3, 0.4) is 0 Å². The third-order valence-electron chi connectivity index (χ3n) is 3.24. The first-order chi connectivity index (χ1) is 12.3. The first kappa shape index (κ1) is 19.2. The summed E-state index contributed by atoms with van der Waals surface area (Å²) >= 11 is 4.20. The molecule has 0 aliphatic rings. The predicted molar refractivity (Wildman–Crippen MR) is 102 cm³/mol. The van der Waals surface area contributed by atoms with Gasteiger partial charge in [-0.2, -0.15) is 0 Å². The molecular formula is C15H15N3O4S4. The van der Waals surface area contributed by atoms with Crippen LogP contribution < -0.4 is 0 Å². The summed E-state index contributed by atoms with van der Waals surface area (Å²) in [5, 5.41) is 8.96. The zero-order chi connectivity index (χ0) is 18.7. The van der Waals surface area contributed by atoms with Gasteiger partial charge in [-0.3, -0.25) is 4.79 Å². The van der Waals surface area contributed by atoms with Gasteiger partial charge in [0.05, 0.1) is 28.1 Å². The van der Waals surface area contributed by atoms with Gasteiger partial charge >= 0.3 is 5.97 Å². The zero-order valence-electron chi connectivity index (χ0n) is 14.0. The number of aromatic nitrogens is 3. The number of hydrogen-bond donors (Lipinski definition) is 0. The maximum Gasteiger partial charge on any atom is 0.306 e. The standard InChI is InChI=1S/C15H15N3O4S4/c1-3-22-13(19)7-6-12-17-18-15(24-12)25-14-16-10-5-4-9(26(2,20)21)8-11(10)23-14/h4-5,8H,3,6-7H2,1-2H3. The molecule has 0 aliphatic heterocycles. The van der Waals surface area contributed by atoms with Gasteiger partial charge in [-0.05, 0) is 36.9 Å². The largest absolute Gasteiger partial charge is 0.466 e. The third-order valence-corrected chi connectivity index (χ3v) is 7.46. The maximum atomic E-state index is 11.7. The lowest BCUT2D eigenvalue weighted by Crippen LogP contribution is -2.04. The predicted octanol–water partition coefficient (Wildman–Crippen LogP) is 3.20. The van der Waals surface area contributed by atoms with E-state index in [4.69, 9.17) is 4.74 Å². The number of carbonyl (C=O) groups is 1. The lowest BCUT2D eigenvalue weighted by atomic mass is 10.3. The van der Waals surface area contributed by atoms with E-state index in [-0.39, 0.29) is 17.3 Å². The molecule has 2 heterocycles. The average molecular weight is 430 g/mol. The maximum absolute atomic E-state index is 11.7. The summed E-state index contributed by atoms with van der Waals surface area (Å²) in [6.45, 7) is 2.14. The lowest BCUT2D eigenvalue weighted by molar-refractivity contribution is -0.143. The number of benzene rings is 1. The van der Waals surface area contributed by atoms with Crippen molar-refractivity contribution in [2.75, 3.05) is 12.9 Å². The molecule has 138 valence electrons. The number of rotatable bonds is 7. The van der Waals surface area contributed by atoms with Crippen LogP contribution in [0.25, 0.3) is 10.2 Å². The Labute approximate surface area is 162 Å². The SMILES string of the molecule is CCOC(=O)CCc1nnc(Sc2nc3ccc(S(C)(=O)=O)cc3s2)s1.